The summed E-state index contributed by atoms with van der Waals surface area (Å²) >= 11 is 0. The van der Waals surface area contributed by atoms with Gasteiger partial charge < -0.3 is 33.8 Å². The quantitative estimate of drug-likeness (QED) is 0.0169. The molecule has 0 aromatic rings. The Hall–Kier alpha value is -3.76. The zero-order chi connectivity index (χ0) is 76.0. The number of carbonyl (C=O) groups is 4. The van der Waals surface area contributed by atoms with Crippen LogP contribution in [0, 0.1) is 0 Å². The SMILES string of the molecule is CC/C=C\C/C=C\C/C=C\CCCCCCCCCC(=O)OCC(COP(=O)(O)OCC(O)COP(=O)(O)OCC(COC(=O)CCCCCCCC/C=C\C/C=C\C/C=C\CCCCC)OC(=O)CCCCCCC/C=C\CCCCCCCC)OC(=O)CCCCCCCCCCCCCCC. The molecule has 0 saturated heterocycles. The average molecular weight is 1510 g/mol. The number of allylic oxidation sites excluding steroid dienone is 14. The van der Waals surface area contributed by atoms with E-state index in [1.165, 1.54) is 109 Å². The van der Waals surface area contributed by atoms with Crippen molar-refractivity contribution in [2.45, 2.75) is 393 Å². The molecule has 5 atom stereocenters. The lowest BCUT2D eigenvalue weighted by Crippen LogP contribution is -2.30. The fourth-order valence-corrected chi connectivity index (χ4v) is 13.1. The van der Waals surface area contributed by atoms with Gasteiger partial charge in [0.1, 0.15) is 19.3 Å². The van der Waals surface area contributed by atoms with Gasteiger partial charge in [0.05, 0.1) is 26.4 Å². The summed E-state index contributed by atoms with van der Waals surface area (Å²) in [5, 5.41) is 10.7. The number of phosphoric ester groups is 2. The third-order valence-electron chi connectivity index (χ3n) is 17.8. The number of esters is 4. The molecule has 0 radical (unpaired) electrons. The molecule has 0 heterocycles. The van der Waals surface area contributed by atoms with Gasteiger partial charge in [-0.05, 0) is 122 Å². The van der Waals surface area contributed by atoms with Crippen LogP contribution in [0.4, 0.5) is 0 Å². The maximum absolute atomic E-state index is 13.1. The predicted molar refractivity (Wildman–Crippen MR) is 427 cm³/mol. The second-order valence-corrected chi connectivity index (χ2v) is 30.9. The van der Waals surface area contributed by atoms with Crippen molar-refractivity contribution in [2.75, 3.05) is 39.6 Å². The maximum atomic E-state index is 13.1. The first-order valence-corrected chi connectivity index (χ1v) is 44.8. The van der Waals surface area contributed by atoms with Crippen molar-refractivity contribution in [2.24, 2.45) is 0 Å². The molecule has 0 spiro atoms. The third-order valence-corrected chi connectivity index (χ3v) is 19.7. The Morgan fingerprint density at radius 2 is 0.500 bits per heavy atom. The van der Waals surface area contributed by atoms with Gasteiger partial charge in [-0.25, -0.2) is 9.13 Å². The molecule has 0 aromatic carbocycles. The van der Waals surface area contributed by atoms with Crippen LogP contribution < -0.4 is 0 Å². The number of aliphatic hydroxyl groups is 1. The number of rotatable bonds is 79. The van der Waals surface area contributed by atoms with Crippen LogP contribution in [0.25, 0.3) is 0 Å². The van der Waals surface area contributed by atoms with Crippen LogP contribution in [0.2, 0.25) is 0 Å². The van der Waals surface area contributed by atoms with Crippen LogP contribution in [0.1, 0.15) is 374 Å². The first-order chi connectivity index (χ1) is 50.7. The van der Waals surface area contributed by atoms with Crippen LogP contribution in [-0.2, 0) is 65.4 Å². The minimum Gasteiger partial charge on any atom is -0.462 e. The number of phosphoric acid groups is 2. The third kappa shape index (κ3) is 76.4. The van der Waals surface area contributed by atoms with Gasteiger partial charge >= 0.3 is 39.5 Å². The highest BCUT2D eigenvalue weighted by Crippen LogP contribution is 2.45. The lowest BCUT2D eigenvalue weighted by molar-refractivity contribution is -0.161. The van der Waals surface area contributed by atoms with Crippen LogP contribution in [0.15, 0.2) is 85.1 Å². The van der Waals surface area contributed by atoms with Gasteiger partial charge in [0.25, 0.3) is 0 Å². The summed E-state index contributed by atoms with van der Waals surface area (Å²) in [6, 6.07) is 0. The Balaban J connectivity index is 5.34. The molecule has 0 saturated carbocycles. The second kappa shape index (κ2) is 77.4. The monoisotopic (exact) mass is 1510 g/mol. The fourth-order valence-electron chi connectivity index (χ4n) is 11.5. The zero-order valence-electron chi connectivity index (χ0n) is 66.2. The maximum Gasteiger partial charge on any atom is 0.472 e. The molecular weight excluding hydrogens is 1350 g/mol. The zero-order valence-corrected chi connectivity index (χ0v) is 68.0. The first-order valence-electron chi connectivity index (χ1n) is 41.8. The summed E-state index contributed by atoms with van der Waals surface area (Å²) in [4.78, 5) is 73.1. The Labute approximate surface area is 634 Å². The summed E-state index contributed by atoms with van der Waals surface area (Å²) in [6.45, 7) is 4.77. The Morgan fingerprint density at radius 3 is 0.798 bits per heavy atom. The van der Waals surface area contributed by atoms with Crippen molar-refractivity contribution >= 4 is 39.5 Å². The van der Waals surface area contributed by atoms with Gasteiger partial charge in [0.15, 0.2) is 12.2 Å². The Morgan fingerprint density at radius 1 is 0.279 bits per heavy atom. The first kappa shape index (κ1) is 100. The van der Waals surface area contributed by atoms with Gasteiger partial charge in [-0.2, -0.15) is 0 Å². The van der Waals surface area contributed by atoms with E-state index in [2.05, 4.69) is 113 Å². The Bertz CT molecular complexity index is 2300. The summed E-state index contributed by atoms with van der Waals surface area (Å²) in [5.41, 5.74) is 0. The van der Waals surface area contributed by atoms with Gasteiger partial charge in [-0.1, -0.05) is 312 Å². The summed E-state index contributed by atoms with van der Waals surface area (Å²) in [5.74, 6) is -2.18. The van der Waals surface area contributed by atoms with Crippen molar-refractivity contribution in [3.8, 4) is 0 Å². The minimum atomic E-state index is -4.98. The topological polar surface area (TPSA) is 237 Å². The van der Waals surface area contributed by atoms with E-state index in [9.17, 15) is 43.2 Å². The molecule has 0 aliphatic heterocycles. The van der Waals surface area contributed by atoms with Gasteiger partial charge in [0.2, 0.25) is 0 Å². The van der Waals surface area contributed by atoms with E-state index in [-0.39, 0.29) is 25.7 Å². The number of carbonyl (C=O) groups excluding carboxylic acids is 4. The molecule has 0 aromatic heterocycles. The van der Waals surface area contributed by atoms with Gasteiger partial charge in [-0.15, -0.1) is 0 Å². The minimum absolute atomic E-state index is 0.0844. The van der Waals surface area contributed by atoms with Crippen LogP contribution in [-0.4, -0.2) is 96.7 Å². The largest absolute Gasteiger partial charge is 0.472 e. The lowest BCUT2D eigenvalue weighted by atomic mass is 10.0. The molecule has 604 valence electrons. The molecule has 104 heavy (non-hydrogen) atoms. The number of unbranched alkanes of at least 4 members (excludes halogenated alkanes) is 39. The number of ether oxygens (including phenoxy) is 4. The second-order valence-electron chi connectivity index (χ2n) is 28.0. The van der Waals surface area contributed by atoms with Crippen molar-refractivity contribution < 1.29 is 80.2 Å². The van der Waals surface area contributed by atoms with E-state index < -0.39 is 97.5 Å². The molecule has 0 rings (SSSR count). The average Bonchev–Trinajstić information content (AvgIpc) is 0.918. The standard InChI is InChI=1S/C85H152O17P2/c1-5-9-13-17-21-25-29-33-36-38-39-41-44-47-50-54-58-62-66-70-83(88)96-76-81(102-85(90)72-68-64-60-56-52-48-42-35-31-27-23-19-15-11-7-3)78-100-104(93,94)98-74-79(86)73-97-103(91,92)99-77-80(101-84(89)71-67-63-59-55-51-45-32-28-24-20-16-12-8-4)75-95-82(87)69-65-61-57-53-49-46-43-40-37-34-30-26-22-18-14-10-6-2/h10,14,21-22,25-26,33-37,39,41-42,79-81,86H,5-9,11-13,15-20,23-24,27-32,38,40,43-78H2,1-4H3,(H,91,92)(H,93,94)/b14-10-,25-21-,26-22-,36-33-,37-34-,41-39-,42-35-. The molecule has 0 fully saturated rings. The van der Waals surface area contributed by atoms with E-state index in [0.29, 0.717) is 25.7 Å². The predicted octanol–water partition coefficient (Wildman–Crippen LogP) is 24.6. The smallest absolute Gasteiger partial charge is 0.462 e. The van der Waals surface area contributed by atoms with Crippen LogP contribution in [0.5, 0.6) is 0 Å². The normalized spacial score (nSPS) is 14.3. The van der Waals surface area contributed by atoms with Crippen molar-refractivity contribution in [3.05, 3.63) is 85.1 Å². The summed E-state index contributed by atoms with van der Waals surface area (Å²) < 4.78 is 68.7. The van der Waals surface area contributed by atoms with Crippen molar-refractivity contribution in [3.63, 3.8) is 0 Å². The molecule has 0 aliphatic carbocycles. The molecule has 0 bridgehead atoms. The number of hydrogen-bond donors (Lipinski definition) is 3. The van der Waals surface area contributed by atoms with E-state index in [1.807, 2.05) is 0 Å². The molecule has 5 unspecified atom stereocenters. The van der Waals surface area contributed by atoms with E-state index >= 15 is 0 Å². The van der Waals surface area contributed by atoms with Gasteiger partial charge in [-0.3, -0.25) is 37.3 Å². The Kier molecular flexibility index (Phi) is 74.6. The lowest BCUT2D eigenvalue weighted by Gasteiger charge is -2.21. The van der Waals surface area contributed by atoms with Gasteiger partial charge in [0, 0.05) is 25.7 Å². The number of aliphatic hydroxyl groups excluding tert-OH is 1. The van der Waals surface area contributed by atoms with E-state index in [4.69, 9.17) is 37.0 Å². The molecular formula is C85H152O17P2. The fraction of sp³-hybridized carbons (Fsp3) is 0.788. The molecule has 17 nitrogen and oxygen atoms in total. The molecule has 0 aliphatic rings. The highest BCUT2D eigenvalue weighted by atomic mass is 31.2. The van der Waals surface area contributed by atoms with Crippen LogP contribution >= 0.6 is 15.6 Å². The van der Waals surface area contributed by atoms with E-state index in [1.54, 1.807) is 0 Å². The van der Waals surface area contributed by atoms with Crippen molar-refractivity contribution in [1.29, 1.82) is 0 Å². The van der Waals surface area contributed by atoms with Crippen molar-refractivity contribution in [1.82, 2.24) is 0 Å². The van der Waals surface area contributed by atoms with E-state index in [0.717, 1.165) is 186 Å². The summed E-state index contributed by atoms with van der Waals surface area (Å²) in [7, 11) is -9.96. The highest BCUT2D eigenvalue weighted by molar-refractivity contribution is 7.47. The number of hydrogen-bond acceptors (Lipinski definition) is 15. The van der Waals surface area contributed by atoms with Crippen LogP contribution in [0.3, 0.4) is 0 Å². The molecule has 0 amide bonds. The highest BCUT2D eigenvalue weighted by Gasteiger charge is 2.30. The molecule has 19 heteroatoms. The molecule has 3 N–H and O–H groups in total. The summed E-state index contributed by atoms with van der Waals surface area (Å²) in [6.07, 6.45) is 81.1.